The molecule has 0 amide bonds. The van der Waals surface area contributed by atoms with E-state index in [1.165, 1.54) is 27.5 Å². The van der Waals surface area contributed by atoms with E-state index < -0.39 is 0 Å². The molecule has 1 heteroatoms. The van der Waals surface area contributed by atoms with Crippen LogP contribution in [0, 0.1) is 0 Å². The van der Waals surface area contributed by atoms with Gasteiger partial charge in [0.15, 0.2) is 0 Å². The largest absolute Gasteiger partial charge is 0.496 e. The molecule has 0 fully saturated rings. The highest BCUT2D eigenvalue weighted by Crippen LogP contribution is 2.37. The Balaban J connectivity index is 2.00. The molecule has 0 atom stereocenters. The molecule has 0 unspecified atom stereocenters. The van der Waals surface area contributed by atoms with Gasteiger partial charge in [0.05, 0.1) is 7.11 Å². The molecule has 0 radical (unpaired) electrons. The molecule has 116 valence electrons. The minimum Gasteiger partial charge on any atom is -0.496 e. The summed E-state index contributed by atoms with van der Waals surface area (Å²) < 4.78 is 5.56. The Morgan fingerprint density at radius 3 is 1.83 bits per heavy atom. The Bertz CT molecular complexity index is 987. The third kappa shape index (κ3) is 2.44. The molecular weight excluding hydrogens is 292 g/mol. The van der Waals surface area contributed by atoms with Crippen LogP contribution in [0.5, 0.6) is 5.75 Å². The normalized spacial score (nSPS) is 10.7. The summed E-state index contributed by atoms with van der Waals surface area (Å²) in [7, 11) is 1.72. The molecule has 4 aromatic rings. The lowest BCUT2D eigenvalue weighted by Crippen LogP contribution is -1.89. The summed E-state index contributed by atoms with van der Waals surface area (Å²) in [6, 6.07) is 31.7. The predicted molar refractivity (Wildman–Crippen MR) is 101 cm³/mol. The molecule has 24 heavy (non-hydrogen) atoms. The van der Waals surface area contributed by atoms with Crippen LogP contribution < -0.4 is 4.74 Å². The molecule has 1 nitrogen and oxygen atoms in total. The lowest BCUT2D eigenvalue weighted by molar-refractivity contribution is 0.416. The molecular formula is C23H18O. The number of methoxy groups -OCH3 is 1. The van der Waals surface area contributed by atoms with Crippen LogP contribution >= 0.6 is 0 Å². The summed E-state index contributed by atoms with van der Waals surface area (Å²) in [5.41, 5.74) is 4.81. The van der Waals surface area contributed by atoms with E-state index in [4.69, 9.17) is 4.74 Å². The second-order valence-electron chi connectivity index (χ2n) is 5.77. The number of hydrogen-bond acceptors (Lipinski definition) is 1. The quantitative estimate of drug-likeness (QED) is 0.439. The van der Waals surface area contributed by atoms with Gasteiger partial charge in [-0.3, -0.25) is 0 Å². The van der Waals surface area contributed by atoms with Gasteiger partial charge in [0, 0.05) is 5.56 Å². The van der Waals surface area contributed by atoms with Crippen LogP contribution in [0.15, 0.2) is 91.0 Å². The third-order valence-electron chi connectivity index (χ3n) is 4.40. The average molecular weight is 310 g/mol. The standard InChI is InChI=1S/C23H18O/c1-24-23-16-6-5-11-22(23)21-15-8-13-19-18(12-7-14-20(19)21)17-9-3-2-4-10-17/h2-16H,1H3. The number of para-hydroxylation sites is 1. The molecule has 4 aromatic carbocycles. The molecule has 0 saturated carbocycles. The van der Waals surface area contributed by atoms with Crippen molar-refractivity contribution in [1.82, 2.24) is 0 Å². The fourth-order valence-electron chi connectivity index (χ4n) is 3.28. The average Bonchev–Trinajstić information content (AvgIpc) is 2.67. The van der Waals surface area contributed by atoms with Crippen LogP contribution in [0.4, 0.5) is 0 Å². The zero-order valence-corrected chi connectivity index (χ0v) is 13.6. The Hall–Kier alpha value is -3.06. The van der Waals surface area contributed by atoms with Gasteiger partial charge in [-0.05, 0) is 33.5 Å². The van der Waals surface area contributed by atoms with Gasteiger partial charge in [-0.2, -0.15) is 0 Å². The zero-order valence-electron chi connectivity index (χ0n) is 13.6. The van der Waals surface area contributed by atoms with Gasteiger partial charge < -0.3 is 4.74 Å². The smallest absolute Gasteiger partial charge is 0.126 e. The summed E-state index contributed by atoms with van der Waals surface area (Å²) in [4.78, 5) is 0. The van der Waals surface area contributed by atoms with Crippen molar-refractivity contribution in [2.45, 2.75) is 0 Å². The predicted octanol–water partition coefficient (Wildman–Crippen LogP) is 6.18. The van der Waals surface area contributed by atoms with E-state index in [1.807, 2.05) is 12.1 Å². The molecule has 0 aliphatic carbocycles. The minimum atomic E-state index is 0.898. The molecule has 0 N–H and O–H groups in total. The van der Waals surface area contributed by atoms with Crippen molar-refractivity contribution in [2.75, 3.05) is 7.11 Å². The van der Waals surface area contributed by atoms with Crippen LogP contribution in [0.3, 0.4) is 0 Å². The highest BCUT2D eigenvalue weighted by atomic mass is 16.5. The minimum absolute atomic E-state index is 0.898. The van der Waals surface area contributed by atoms with Crippen molar-refractivity contribution in [1.29, 1.82) is 0 Å². The lowest BCUT2D eigenvalue weighted by atomic mass is 9.92. The summed E-state index contributed by atoms with van der Waals surface area (Å²) in [6.45, 7) is 0. The van der Waals surface area contributed by atoms with E-state index in [9.17, 15) is 0 Å². The molecule has 0 bridgehead atoms. The van der Waals surface area contributed by atoms with E-state index in [-0.39, 0.29) is 0 Å². The highest BCUT2D eigenvalue weighted by molar-refractivity contribution is 6.05. The van der Waals surface area contributed by atoms with Gasteiger partial charge in [0.2, 0.25) is 0 Å². The van der Waals surface area contributed by atoms with Crippen LogP contribution in [-0.2, 0) is 0 Å². The van der Waals surface area contributed by atoms with Crippen molar-refractivity contribution in [2.24, 2.45) is 0 Å². The van der Waals surface area contributed by atoms with E-state index in [1.54, 1.807) is 7.11 Å². The van der Waals surface area contributed by atoms with Gasteiger partial charge in [0.25, 0.3) is 0 Å². The fourth-order valence-corrected chi connectivity index (χ4v) is 3.28. The van der Waals surface area contributed by atoms with Gasteiger partial charge in [-0.15, -0.1) is 0 Å². The number of benzene rings is 4. The van der Waals surface area contributed by atoms with Crippen molar-refractivity contribution in [3.05, 3.63) is 91.0 Å². The molecule has 0 aliphatic rings. The van der Waals surface area contributed by atoms with E-state index in [2.05, 4.69) is 78.9 Å². The van der Waals surface area contributed by atoms with Gasteiger partial charge >= 0.3 is 0 Å². The molecule has 0 aromatic heterocycles. The summed E-state index contributed by atoms with van der Waals surface area (Å²) >= 11 is 0. The topological polar surface area (TPSA) is 9.23 Å². The summed E-state index contributed by atoms with van der Waals surface area (Å²) in [6.07, 6.45) is 0. The summed E-state index contributed by atoms with van der Waals surface area (Å²) in [5, 5.41) is 2.50. The number of rotatable bonds is 3. The van der Waals surface area contributed by atoms with Crippen molar-refractivity contribution in [3.63, 3.8) is 0 Å². The lowest BCUT2D eigenvalue weighted by Gasteiger charge is -2.13. The Labute approximate surface area is 142 Å². The Kier molecular flexibility index (Phi) is 3.76. The van der Waals surface area contributed by atoms with E-state index in [0.717, 1.165) is 11.3 Å². The van der Waals surface area contributed by atoms with Gasteiger partial charge in [0.1, 0.15) is 5.75 Å². The first-order valence-corrected chi connectivity index (χ1v) is 8.09. The van der Waals surface area contributed by atoms with Crippen LogP contribution in [0.2, 0.25) is 0 Å². The fraction of sp³-hybridized carbons (Fsp3) is 0.0435. The van der Waals surface area contributed by atoms with Crippen LogP contribution in [-0.4, -0.2) is 7.11 Å². The molecule has 0 heterocycles. The van der Waals surface area contributed by atoms with E-state index in [0.29, 0.717) is 0 Å². The third-order valence-corrected chi connectivity index (χ3v) is 4.40. The monoisotopic (exact) mass is 310 g/mol. The second kappa shape index (κ2) is 6.21. The Morgan fingerprint density at radius 2 is 1.08 bits per heavy atom. The summed E-state index contributed by atoms with van der Waals surface area (Å²) in [5.74, 6) is 0.898. The van der Waals surface area contributed by atoms with Crippen LogP contribution in [0.25, 0.3) is 33.0 Å². The van der Waals surface area contributed by atoms with Crippen molar-refractivity contribution >= 4 is 10.8 Å². The first-order valence-electron chi connectivity index (χ1n) is 8.09. The molecule has 0 aliphatic heterocycles. The first-order chi connectivity index (χ1) is 11.9. The first kappa shape index (κ1) is 14.5. The van der Waals surface area contributed by atoms with E-state index >= 15 is 0 Å². The highest BCUT2D eigenvalue weighted by Gasteiger charge is 2.11. The molecule has 0 spiro atoms. The SMILES string of the molecule is COc1ccccc1-c1cccc2c(-c3ccccc3)cccc12. The molecule has 4 rings (SSSR count). The number of ether oxygens (including phenoxy) is 1. The maximum absolute atomic E-state index is 5.56. The van der Waals surface area contributed by atoms with Crippen LogP contribution in [0.1, 0.15) is 0 Å². The van der Waals surface area contributed by atoms with Gasteiger partial charge in [-0.1, -0.05) is 84.9 Å². The zero-order chi connectivity index (χ0) is 16.4. The van der Waals surface area contributed by atoms with Crippen molar-refractivity contribution < 1.29 is 4.74 Å². The maximum atomic E-state index is 5.56. The molecule has 0 saturated heterocycles. The maximum Gasteiger partial charge on any atom is 0.126 e. The number of fused-ring (bicyclic) bond motifs is 1. The van der Waals surface area contributed by atoms with Gasteiger partial charge in [-0.25, -0.2) is 0 Å². The second-order valence-corrected chi connectivity index (χ2v) is 5.77. The Morgan fingerprint density at radius 1 is 0.500 bits per heavy atom. The number of hydrogen-bond donors (Lipinski definition) is 0. The van der Waals surface area contributed by atoms with Crippen molar-refractivity contribution in [3.8, 4) is 28.0 Å².